The number of nitrogens with one attached hydrogen (secondary N) is 1. The maximum absolute atomic E-state index is 12.3. The third-order valence-corrected chi connectivity index (χ3v) is 3.65. The van der Waals surface area contributed by atoms with Gasteiger partial charge in [0.2, 0.25) is 0 Å². The first-order chi connectivity index (χ1) is 9.71. The van der Waals surface area contributed by atoms with E-state index >= 15 is 0 Å². The number of nitrogens with two attached hydrogens (primary N) is 1. The van der Waals surface area contributed by atoms with Gasteiger partial charge in [-0.2, -0.15) is 13.2 Å². The van der Waals surface area contributed by atoms with E-state index in [1.54, 1.807) is 13.8 Å². The summed E-state index contributed by atoms with van der Waals surface area (Å²) in [7, 11) is 0. The minimum absolute atomic E-state index is 0.0455. The van der Waals surface area contributed by atoms with Gasteiger partial charge >= 0.3 is 12.1 Å². The molecular formula is C12H15F3N2O3S. The minimum atomic E-state index is -4.46. The molecule has 0 atom stereocenters. The molecule has 0 aliphatic heterocycles. The molecule has 0 aromatic carbocycles. The lowest BCUT2D eigenvalue weighted by molar-refractivity contribution is -0.115. The van der Waals surface area contributed by atoms with E-state index in [1.165, 1.54) is 0 Å². The fraction of sp³-hybridized carbons (Fsp3) is 0.500. The molecule has 0 aliphatic carbocycles. The Kier molecular flexibility index (Phi) is 5.59. The van der Waals surface area contributed by atoms with Gasteiger partial charge in [0.15, 0.2) is 5.78 Å². The van der Waals surface area contributed by atoms with Crippen molar-refractivity contribution in [3.63, 3.8) is 0 Å². The lowest BCUT2D eigenvalue weighted by Gasteiger charge is -2.09. The average Bonchev–Trinajstić information content (AvgIpc) is 2.72. The van der Waals surface area contributed by atoms with Gasteiger partial charge in [0.25, 0.3) is 0 Å². The summed E-state index contributed by atoms with van der Waals surface area (Å²) in [4.78, 5) is 23.6. The number of esters is 1. The molecular weight excluding hydrogens is 309 g/mol. The summed E-state index contributed by atoms with van der Waals surface area (Å²) >= 11 is 0.727. The number of carbonyl (C=O) groups is 2. The highest BCUT2D eigenvalue weighted by molar-refractivity contribution is 7.19. The molecule has 0 aliphatic rings. The maximum Gasteiger partial charge on any atom is 0.405 e. The molecule has 1 aromatic heterocycles. The molecule has 0 amide bonds. The number of thiophene rings is 1. The van der Waals surface area contributed by atoms with E-state index in [9.17, 15) is 22.8 Å². The van der Waals surface area contributed by atoms with Gasteiger partial charge in [-0.15, -0.1) is 11.3 Å². The van der Waals surface area contributed by atoms with Crippen LogP contribution >= 0.6 is 11.3 Å². The van der Waals surface area contributed by atoms with Crippen LogP contribution in [-0.4, -0.2) is 31.1 Å². The Morgan fingerprint density at radius 2 is 1.95 bits per heavy atom. The first kappa shape index (κ1) is 17.3. The minimum Gasteiger partial charge on any atom is -0.462 e. The zero-order valence-corrected chi connectivity index (χ0v) is 12.3. The Hall–Kier alpha value is -1.77. The molecule has 5 nitrogen and oxygen atoms in total. The summed E-state index contributed by atoms with van der Waals surface area (Å²) in [6.45, 7) is 1.86. The monoisotopic (exact) mass is 324 g/mol. The zero-order chi connectivity index (χ0) is 16.2. The second-order valence-corrected chi connectivity index (χ2v) is 5.04. The predicted molar refractivity (Wildman–Crippen MR) is 73.9 cm³/mol. The summed E-state index contributed by atoms with van der Waals surface area (Å²) in [6, 6.07) is 0. The highest BCUT2D eigenvalue weighted by Gasteiger charge is 2.30. The quantitative estimate of drug-likeness (QED) is 0.621. The second-order valence-electron chi connectivity index (χ2n) is 4.01. The van der Waals surface area contributed by atoms with Crippen LogP contribution in [0.4, 0.5) is 23.9 Å². The van der Waals surface area contributed by atoms with Gasteiger partial charge in [-0.1, -0.05) is 6.92 Å². The van der Waals surface area contributed by atoms with Gasteiger partial charge < -0.3 is 15.8 Å². The molecule has 1 rings (SSSR count). The van der Waals surface area contributed by atoms with Crippen LogP contribution in [0.15, 0.2) is 0 Å². The highest BCUT2D eigenvalue weighted by atomic mass is 32.1. The summed E-state index contributed by atoms with van der Waals surface area (Å²) in [6.07, 6.45) is -4.33. The van der Waals surface area contributed by atoms with Crippen molar-refractivity contribution in [2.75, 3.05) is 24.2 Å². The van der Waals surface area contributed by atoms with Crippen molar-refractivity contribution in [1.82, 2.24) is 0 Å². The van der Waals surface area contributed by atoms with E-state index < -0.39 is 18.7 Å². The van der Waals surface area contributed by atoms with E-state index in [-0.39, 0.29) is 39.9 Å². The highest BCUT2D eigenvalue weighted by Crippen LogP contribution is 2.37. The number of hydrogen-bond donors (Lipinski definition) is 2. The van der Waals surface area contributed by atoms with Crippen molar-refractivity contribution in [2.45, 2.75) is 26.4 Å². The molecule has 0 saturated carbocycles. The third-order valence-electron chi connectivity index (χ3n) is 2.45. The van der Waals surface area contributed by atoms with Crippen molar-refractivity contribution in [3.8, 4) is 0 Å². The first-order valence-corrected chi connectivity index (χ1v) is 6.96. The number of Topliss-reactive ketones (excluding diaryl/α,β-unsaturated/α-hetero) is 1. The van der Waals surface area contributed by atoms with Crippen molar-refractivity contribution in [3.05, 3.63) is 10.4 Å². The van der Waals surface area contributed by atoms with E-state index in [1.807, 2.05) is 0 Å². The van der Waals surface area contributed by atoms with Gasteiger partial charge in [0.05, 0.1) is 17.2 Å². The number of nitrogen functional groups attached to an aromatic ring is 1. The van der Waals surface area contributed by atoms with Crippen molar-refractivity contribution in [2.24, 2.45) is 0 Å². The average molecular weight is 324 g/mol. The lowest BCUT2D eigenvalue weighted by Crippen LogP contribution is -2.22. The van der Waals surface area contributed by atoms with E-state index in [0.717, 1.165) is 11.3 Å². The Balaban J connectivity index is 3.20. The second kappa shape index (κ2) is 6.79. The fourth-order valence-electron chi connectivity index (χ4n) is 1.52. The fourth-order valence-corrected chi connectivity index (χ4v) is 2.64. The number of anilines is 2. The van der Waals surface area contributed by atoms with E-state index in [0.29, 0.717) is 0 Å². The molecule has 0 unspecified atom stereocenters. The summed E-state index contributed by atoms with van der Waals surface area (Å²) in [5, 5.41) is 1.98. The van der Waals surface area contributed by atoms with Crippen molar-refractivity contribution < 1.29 is 27.5 Å². The first-order valence-electron chi connectivity index (χ1n) is 6.14. The Labute approximate surface area is 123 Å². The van der Waals surface area contributed by atoms with Crippen LogP contribution in [0.3, 0.4) is 0 Å². The molecule has 118 valence electrons. The van der Waals surface area contributed by atoms with Gasteiger partial charge in [-0.25, -0.2) is 4.79 Å². The molecule has 3 N–H and O–H groups in total. The molecule has 0 fully saturated rings. The number of alkyl halides is 3. The number of hydrogen-bond acceptors (Lipinski definition) is 6. The topological polar surface area (TPSA) is 81.4 Å². The largest absolute Gasteiger partial charge is 0.462 e. The SMILES string of the molecule is CCOC(=O)c1c(NCC(F)(F)F)sc(C(=O)CC)c1N. The molecule has 0 radical (unpaired) electrons. The standard InChI is InChI=1S/C12H15F3N2O3S/c1-3-6(18)9-8(16)7(11(19)20-4-2)10(21-9)17-5-12(13,14)15/h17H,3-5,16H2,1-2H3. The van der Waals surface area contributed by atoms with Crippen LogP contribution in [0.1, 0.15) is 40.3 Å². The van der Waals surface area contributed by atoms with Crippen LogP contribution < -0.4 is 11.1 Å². The number of rotatable bonds is 6. The van der Waals surface area contributed by atoms with Gasteiger partial charge in [0, 0.05) is 6.42 Å². The normalized spacial score (nSPS) is 11.3. The van der Waals surface area contributed by atoms with Crippen molar-refractivity contribution in [1.29, 1.82) is 0 Å². The summed E-state index contributed by atoms with van der Waals surface area (Å²) < 4.78 is 41.6. The zero-order valence-electron chi connectivity index (χ0n) is 11.5. The Morgan fingerprint density at radius 1 is 1.33 bits per heavy atom. The van der Waals surface area contributed by atoms with Gasteiger partial charge in [0.1, 0.15) is 17.1 Å². The van der Waals surface area contributed by atoms with Crippen LogP contribution in [0.5, 0.6) is 0 Å². The number of halogens is 3. The predicted octanol–water partition coefficient (Wildman–Crippen LogP) is 3.07. The van der Waals surface area contributed by atoms with Gasteiger partial charge in [-0.05, 0) is 6.92 Å². The van der Waals surface area contributed by atoms with E-state index in [4.69, 9.17) is 10.5 Å². The molecule has 9 heteroatoms. The lowest BCUT2D eigenvalue weighted by atomic mass is 10.2. The van der Waals surface area contributed by atoms with Gasteiger partial charge in [-0.3, -0.25) is 4.79 Å². The van der Waals surface area contributed by atoms with E-state index in [2.05, 4.69) is 5.32 Å². The molecule has 1 heterocycles. The molecule has 1 aromatic rings. The molecule has 0 saturated heterocycles. The molecule has 0 spiro atoms. The maximum atomic E-state index is 12.3. The number of ether oxygens (including phenoxy) is 1. The van der Waals surface area contributed by atoms with Crippen LogP contribution in [0, 0.1) is 0 Å². The summed E-state index contributed by atoms with van der Waals surface area (Å²) in [5.74, 6) is -1.20. The Bertz CT molecular complexity index is 541. The van der Waals surface area contributed by atoms with Crippen LogP contribution in [-0.2, 0) is 4.74 Å². The number of ketones is 1. The smallest absolute Gasteiger partial charge is 0.405 e. The van der Waals surface area contributed by atoms with Crippen LogP contribution in [0.25, 0.3) is 0 Å². The summed E-state index contributed by atoms with van der Waals surface area (Å²) in [5.41, 5.74) is 5.36. The van der Waals surface area contributed by atoms with Crippen molar-refractivity contribution >= 4 is 33.8 Å². The molecule has 21 heavy (non-hydrogen) atoms. The molecule has 0 bridgehead atoms. The van der Waals surface area contributed by atoms with Crippen LogP contribution in [0.2, 0.25) is 0 Å². The number of carbonyl (C=O) groups excluding carboxylic acids is 2. The third kappa shape index (κ3) is 4.35. The Morgan fingerprint density at radius 3 is 2.43 bits per heavy atom.